The molecule has 1 aromatic rings. The summed E-state index contributed by atoms with van der Waals surface area (Å²) in [5.74, 6) is 2.84. The molecule has 1 unspecified atom stereocenters. The monoisotopic (exact) mass is 313 g/mol. The Morgan fingerprint density at radius 2 is 2.20 bits per heavy atom. The number of nitrogens with zero attached hydrogens (tertiary/aromatic N) is 3. The number of nitroso groups, excluding NO2 is 1. The summed E-state index contributed by atoms with van der Waals surface area (Å²) in [5.41, 5.74) is 0.662. The fraction of sp³-hybridized carbons (Fsp3) is 0.538. The van der Waals surface area contributed by atoms with Gasteiger partial charge < -0.3 is 4.74 Å². The first-order valence-electron chi connectivity index (χ1n) is 6.63. The van der Waals surface area contributed by atoms with Crippen molar-refractivity contribution in [1.29, 1.82) is 0 Å². The van der Waals surface area contributed by atoms with Crippen molar-refractivity contribution in [3.05, 3.63) is 28.1 Å². The first kappa shape index (κ1) is 14.0. The fourth-order valence-electron chi connectivity index (χ4n) is 2.59. The smallest absolute Gasteiger partial charge is 0.163 e. The van der Waals surface area contributed by atoms with E-state index in [0.717, 1.165) is 31.1 Å². The van der Waals surface area contributed by atoms with Crippen LogP contribution in [0.4, 0.5) is 5.69 Å². The Labute approximate surface area is 127 Å². The van der Waals surface area contributed by atoms with Crippen molar-refractivity contribution in [1.82, 2.24) is 4.90 Å². The van der Waals surface area contributed by atoms with E-state index in [2.05, 4.69) is 10.2 Å². The van der Waals surface area contributed by atoms with Gasteiger partial charge in [0.05, 0.1) is 10.3 Å². The highest BCUT2D eigenvalue weighted by atomic mass is 35.5. The van der Waals surface area contributed by atoms with Gasteiger partial charge in [-0.3, -0.25) is 4.90 Å². The van der Waals surface area contributed by atoms with Gasteiger partial charge in [-0.15, -0.1) is 4.91 Å². The van der Waals surface area contributed by atoms with Crippen molar-refractivity contribution in [2.45, 2.75) is 6.04 Å². The molecular weight excluding hydrogens is 298 g/mol. The average molecular weight is 314 g/mol. The largest absolute Gasteiger partial charge is 0.487 e. The first-order valence-corrected chi connectivity index (χ1v) is 8.17. The van der Waals surface area contributed by atoms with Crippen molar-refractivity contribution < 1.29 is 4.74 Å². The molecule has 0 saturated carbocycles. The van der Waals surface area contributed by atoms with Gasteiger partial charge in [-0.25, -0.2) is 5.01 Å². The molecule has 7 heteroatoms. The Morgan fingerprint density at radius 3 is 2.95 bits per heavy atom. The van der Waals surface area contributed by atoms with Gasteiger partial charge in [0.2, 0.25) is 0 Å². The van der Waals surface area contributed by atoms with E-state index < -0.39 is 0 Å². The Kier molecular flexibility index (Phi) is 4.33. The highest BCUT2D eigenvalue weighted by Crippen LogP contribution is 2.39. The van der Waals surface area contributed by atoms with Gasteiger partial charge in [0.25, 0.3) is 0 Å². The standard InChI is InChI=1S/C13H16ClN3O2S/c14-11-2-1-3-12-13(11)19-9-10(17(12)15-18)8-16-4-6-20-7-5-16/h1-3,10H,4-9H2. The fourth-order valence-corrected chi connectivity index (χ4v) is 3.79. The Bertz CT molecular complexity index is 497. The third-order valence-electron chi connectivity index (χ3n) is 3.62. The summed E-state index contributed by atoms with van der Waals surface area (Å²) in [6, 6.07) is 5.33. The van der Waals surface area contributed by atoms with E-state index in [1.54, 1.807) is 6.07 Å². The number of fused-ring (bicyclic) bond motifs is 1. The van der Waals surface area contributed by atoms with Crippen LogP contribution in [0.25, 0.3) is 0 Å². The van der Waals surface area contributed by atoms with E-state index in [0.29, 0.717) is 23.1 Å². The van der Waals surface area contributed by atoms with Crippen LogP contribution in [0.2, 0.25) is 5.02 Å². The summed E-state index contributed by atoms with van der Waals surface area (Å²) in [6.45, 7) is 3.33. The van der Waals surface area contributed by atoms with Crippen molar-refractivity contribution in [3.63, 3.8) is 0 Å². The van der Waals surface area contributed by atoms with Crippen LogP contribution in [-0.2, 0) is 0 Å². The first-order chi connectivity index (χ1) is 9.79. The maximum atomic E-state index is 11.2. The maximum absolute atomic E-state index is 11.2. The zero-order chi connectivity index (χ0) is 13.9. The molecule has 0 aliphatic carbocycles. The molecule has 0 amide bonds. The number of halogens is 1. The molecule has 0 aromatic heterocycles. The second-order valence-corrected chi connectivity index (χ2v) is 6.52. The Hall–Kier alpha value is -0.980. The van der Waals surface area contributed by atoms with Crippen LogP contribution in [0.3, 0.4) is 0 Å². The predicted molar refractivity (Wildman–Crippen MR) is 82.8 cm³/mol. The van der Waals surface area contributed by atoms with Crippen LogP contribution < -0.4 is 9.75 Å². The zero-order valence-electron chi connectivity index (χ0n) is 11.0. The number of rotatable bonds is 3. The summed E-state index contributed by atoms with van der Waals surface area (Å²) < 4.78 is 5.74. The second-order valence-electron chi connectivity index (χ2n) is 4.89. The van der Waals surface area contributed by atoms with Crippen molar-refractivity contribution in [3.8, 4) is 5.75 Å². The topological polar surface area (TPSA) is 45.1 Å². The summed E-state index contributed by atoms with van der Waals surface area (Å²) in [7, 11) is 0. The molecule has 108 valence electrons. The van der Waals surface area contributed by atoms with Crippen molar-refractivity contribution in [2.24, 2.45) is 5.29 Å². The minimum atomic E-state index is -0.0541. The number of anilines is 1. The van der Waals surface area contributed by atoms with E-state index in [-0.39, 0.29) is 6.04 Å². The van der Waals surface area contributed by atoms with Crippen LogP contribution in [0, 0.1) is 4.91 Å². The van der Waals surface area contributed by atoms with Crippen molar-refractivity contribution >= 4 is 29.1 Å². The van der Waals surface area contributed by atoms with Gasteiger partial charge in [0.1, 0.15) is 18.3 Å². The normalized spacial score (nSPS) is 23.1. The van der Waals surface area contributed by atoms with E-state index in [9.17, 15) is 4.91 Å². The van der Waals surface area contributed by atoms with Crippen LogP contribution >= 0.6 is 23.4 Å². The molecule has 1 saturated heterocycles. The second kappa shape index (κ2) is 6.20. The summed E-state index contributed by atoms with van der Waals surface area (Å²) >= 11 is 8.06. The van der Waals surface area contributed by atoms with Crippen LogP contribution in [-0.4, -0.2) is 48.7 Å². The lowest BCUT2D eigenvalue weighted by Crippen LogP contribution is -2.49. The SMILES string of the molecule is O=NN1c2cccc(Cl)c2OCC1CN1CCSCC1. The molecule has 1 fully saturated rings. The third kappa shape index (κ3) is 2.73. The lowest BCUT2D eigenvalue weighted by Gasteiger charge is -2.37. The molecule has 0 radical (unpaired) electrons. The minimum absolute atomic E-state index is 0.0541. The predicted octanol–water partition coefficient (Wildman–Crippen LogP) is 2.64. The zero-order valence-corrected chi connectivity index (χ0v) is 12.6. The van der Waals surface area contributed by atoms with Gasteiger partial charge >= 0.3 is 0 Å². The third-order valence-corrected chi connectivity index (χ3v) is 4.86. The van der Waals surface area contributed by atoms with E-state index >= 15 is 0 Å². The van der Waals surface area contributed by atoms with E-state index in [4.69, 9.17) is 16.3 Å². The molecule has 0 spiro atoms. The van der Waals surface area contributed by atoms with Gasteiger partial charge in [-0.2, -0.15) is 11.8 Å². The van der Waals surface area contributed by atoms with Crippen molar-refractivity contribution in [2.75, 3.05) is 42.8 Å². The molecule has 5 nitrogen and oxygen atoms in total. The molecule has 1 aromatic carbocycles. The van der Waals surface area contributed by atoms with Crippen LogP contribution in [0.5, 0.6) is 5.75 Å². The number of ether oxygens (including phenoxy) is 1. The summed E-state index contributed by atoms with van der Waals surface area (Å²) in [6.07, 6.45) is 0. The van der Waals surface area contributed by atoms with E-state index in [1.165, 1.54) is 5.01 Å². The number of hydrogen-bond donors (Lipinski definition) is 0. The Morgan fingerprint density at radius 1 is 1.40 bits per heavy atom. The molecule has 0 bridgehead atoms. The number of benzene rings is 1. The molecule has 2 heterocycles. The molecule has 2 aliphatic heterocycles. The highest BCUT2D eigenvalue weighted by Gasteiger charge is 2.31. The molecular formula is C13H16ClN3O2S. The van der Waals surface area contributed by atoms with Gasteiger partial charge in [0.15, 0.2) is 5.75 Å². The average Bonchev–Trinajstić information content (AvgIpc) is 2.48. The van der Waals surface area contributed by atoms with Gasteiger partial charge in [0, 0.05) is 31.1 Å². The van der Waals surface area contributed by atoms with Crippen LogP contribution in [0.15, 0.2) is 23.5 Å². The number of hydrogen-bond acceptors (Lipinski definition) is 5. The summed E-state index contributed by atoms with van der Waals surface area (Å²) in [5, 5.41) is 5.21. The molecule has 2 aliphatic rings. The minimum Gasteiger partial charge on any atom is -0.487 e. The Balaban J connectivity index is 1.78. The molecule has 0 N–H and O–H groups in total. The van der Waals surface area contributed by atoms with Crippen LogP contribution in [0.1, 0.15) is 0 Å². The van der Waals surface area contributed by atoms with E-state index in [1.807, 2.05) is 23.9 Å². The van der Waals surface area contributed by atoms with Gasteiger partial charge in [-0.05, 0) is 12.1 Å². The lowest BCUT2D eigenvalue weighted by molar-refractivity contribution is 0.205. The summed E-state index contributed by atoms with van der Waals surface area (Å²) in [4.78, 5) is 13.6. The highest BCUT2D eigenvalue weighted by molar-refractivity contribution is 7.99. The maximum Gasteiger partial charge on any atom is 0.163 e. The molecule has 1 atom stereocenters. The quantitative estimate of drug-likeness (QED) is 0.803. The van der Waals surface area contributed by atoms with Gasteiger partial charge in [-0.1, -0.05) is 17.7 Å². The lowest BCUT2D eigenvalue weighted by atomic mass is 10.2. The molecule has 3 rings (SSSR count). The number of para-hydroxylation sites is 1. The molecule has 20 heavy (non-hydrogen) atoms. The number of thioether (sulfide) groups is 1.